The number of nitrogens with one attached hydrogen (secondary N) is 1. The number of aryl methyl sites for hydroxylation is 2. The van der Waals surface area contributed by atoms with Crippen molar-refractivity contribution in [1.82, 2.24) is 0 Å². The van der Waals surface area contributed by atoms with Crippen LogP contribution >= 0.6 is 15.9 Å². The second-order valence-electron chi connectivity index (χ2n) is 5.07. The maximum Gasteiger partial charge on any atom is 0.262 e. The van der Waals surface area contributed by atoms with Crippen molar-refractivity contribution in [2.45, 2.75) is 13.8 Å². The van der Waals surface area contributed by atoms with E-state index in [2.05, 4.69) is 21.2 Å². The summed E-state index contributed by atoms with van der Waals surface area (Å²) in [5, 5.41) is 2.59. The number of carbonyl (C=O) groups excluding carboxylic acids is 1. The van der Waals surface area contributed by atoms with E-state index in [4.69, 9.17) is 9.47 Å². The van der Waals surface area contributed by atoms with Gasteiger partial charge < -0.3 is 14.8 Å². The molecular formula is C17H17BrFNO3. The third kappa shape index (κ3) is 4.45. The van der Waals surface area contributed by atoms with Gasteiger partial charge in [-0.2, -0.15) is 0 Å². The van der Waals surface area contributed by atoms with E-state index in [-0.39, 0.29) is 12.3 Å². The largest absolute Gasteiger partial charge is 0.493 e. The molecule has 0 unspecified atom stereocenters. The summed E-state index contributed by atoms with van der Waals surface area (Å²) < 4.78 is 24.5. The van der Waals surface area contributed by atoms with Gasteiger partial charge in [0.1, 0.15) is 11.6 Å². The number of ether oxygens (including phenoxy) is 2. The molecule has 23 heavy (non-hydrogen) atoms. The first-order chi connectivity index (χ1) is 10.9. The van der Waals surface area contributed by atoms with Gasteiger partial charge >= 0.3 is 0 Å². The quantitative estimate of drug-likeness (QED) is 0.842. The van der Waals surface area contributed by atoms with Crippen LogP contribution in [0.1, 0.15) is 11.1 Å². The lowest BCUT2D eigenvalue weighted by molar-refractivity contribution is -0.118. The van der Waals surface area contributed by atoms with E-state index in [0.29, 0.717) is 16.0 Å². The Kier molecular flexibility index (Phi) is 5.60. The fourth-order valence-electron chi connectivity index (χ4n) is 2.15. The maximum absolute atomic E-state index is 13.5. The van der Waals surface area contributed by atoms with Crippen LogP contribution in [0.5, 0.6) is 11.5 Å². The molecule has 0 aromatic heterocycles. The molecule has 1 amide bonds. The molecule has 4 nitrogen and oxygen atoms in total. The van der Waals surface area contributed by atoms with Gasteiger partial charge in [0.2, 0.25) is 0 Å². The SMILES string of the molecule is COc1c(Br)cc(F)cc1NC(=O)COc1ccc(C)cc1C. The molecule has 0 aliphatic rings. The van der Waals surface area contributed by atoms with Gasteiger partial charge in [-0.25, -0.2) is 4.39 Å². The van der Waals surface area contributed by atoms with E-state index in [1.807, 2.05) is 32.0 Å². The minimum Gasteiger partial charge on any atom is -0.493 e. The zero-order chi connectivity index (χ0) is 17.0. The Hall–Kier alpha value is -2.08. The molecule has 0 aliphatic heterocycles. The third-order valence-corrected chi connectivity index (χ3v) is 3.76. The molecule has 2 aromatic carbocycles. The highest BCUT2D eigenvalue weighted by molar-refractivity contribution is 9.10. The monoisotopic (exact) mass is 381 g/mol. The van der Waals surface area contributed by atoms with Crippen LogP contribution in [-0.4, -0.2) is 19.6 Å². The number of benzene rings is 2. The summed E-state index contributed by atoms with van der Waals surface area (Å²) in [6.07, 6.45) is 0. The standard InChI is InChI=1S/C17H17BrFNO3/c1-10-4-5-15(11(2)6-10)23-9-16(21)20-14-8-12(19)7-13(18)17(14)22-3/h4-8H,9H2,1-3H3,(H,20,21). The van der Waals surface area contributed by atoms with Gasteiger partial charge in [0, 0.05) is 6.07 Å². The molecule has 0 heterocycles. The first-order valence-corrected chi connectivity index (χ1v) is 7.73. The first kappa shape index (κ1) is 17.3. The molecule has 0 saturated heterocycles. The highest BCUT2D eigenvalue weighted by Gasteiger charge is 2.13. The lowest BCUT2D eigenvalue weighted by Gasteiger charge is -2.13. The second kappa shape index (κ2) is 7.46. The zero-order valence-electron chi connectivity index (χ0n) is 13.1. The van der Waals surface area contributed by atoms with Gasteiger partial charge in [-0.15, -0.1) is 0 Å². The number of halogens is 2. The maximum atomic E-state index is 13.5. The number of hydrogen-bond acceptors (Lipinski definition) is 3. The third-order valence-electron chi connectivity index (χ3n) is 3.18. The van der Waals surface area contributed by atoms with Crippen LogP contribution in [0.2, 0.25) is 0 Å². The number of hydrogen-bond donors (Lipinski definition) is 1. The number of amides is 1. The summed E-state index contributed by atoms with van der Waals surface area (Å²) >= 11 is 3.19. The zero-order valence-corrected chi connectivity index (χ0v) is 14.7. The van der Waals surface area contributed by atoms with Crippen molar-refractivity contribution in [3.63, 3.8) is 0 Å². The van der Waals surface area contributed by atoms with Crippen LogP contribution in [0, 0.1) is 19.7 Å². The number of rotatable bonds is 5. The Labute approximate surface area is 142 Å². The van der Waals surface area contributed by atoms with Crippen LogP contribution < -0.4 is 14.8 Å². The van der Waals surface area contributed by atoms with Crippen molar-refractivity contribution >= 4 is 27.5 Å². The predicted octanol–water partition coefficient (Wildman–Crippen LogP) is 4.23. The second-order valence-corrected chi connectivity index (χ2v) is 5.93. The lowest BCUT2D eigenvalue weighted by atomic mass is 10.1. The Balaban J connectivity index is 2.05. The molecule has 0 aliphatic carbocycles. The Morgan fingerprint density at radius 3 is 2.65 bits per heavy atom. The van der Waals surface area contributed by atoms with Crippen molar-refractivity contribution in [3.8, 4) is 11.5 Å². The topological polar surface area (TPSA) is 47.6 Å². The highest BCUT2D eigenvalue weighted by Crippen LogP contribution is 2.34. The van der Waals surface area contributed by atoms with Gasteiger partial charge in [0.15, 0.2) is 12.4 Å². The van der Waals surface area contributed by atoms with Crippen LogP contribution in [0.3, 0.4) is 0 Å². The molecule has 0 spiro atoms. The molecule has 1 N–H and O–H groups in total. The number of methoxy groups -OCH3 is 1. The van der Waals surface area contributed by atoms with Crippen LogP contribution in [0.15, 0.2) is 34.8 Å². The van der Waals surface area contributed by atoms with Crippen molar-refractivity contribution in [2.75, 3.05) is 19.0 Å². The molecule has 2 aromatic rings. The van der Waals surface area contributed by atoms with E-state index in [1.165, 1.54) is 19.2 Å². The van der Waals surface area contributed by atoms with E-state index in [0.717, 1.165) is 11.1 Å². The summed E-state index contributed by atoms with van der Waals surface area (Å²) in [6.45, 7) is 3.71. The molecule has 0 saturated carbocycles. The van der Waals surface area contributed by atoms with Gasteiger partial charge in [-0.3, -0.25) is 4.79 Å². The molecule has 122 valence electrons. The molecule has 0 atom stereocenters. The van der Waals surface area contributed by atoms with Gasteiger partial charge in [-0.05, 0) is 47.5 Å². The molecule has 0 bridgehead atoms. The van der Waals surface area contributed by atoms with E-state index in [9.17, 15) is 9.18 Å². The lowest BCUT2D eigenvalue weighted by Crippen LogP contribution is -2.21. The number of anilines is 1. The first-order valence-electron chi connectivity index (χ1n) is 6.93. The molecule has 2 rings (SSSR count). The van der Waals surface area contributed by atoms with Gasteiger partial charge in [-0.1, -0.05) is 17.7 Å². The highest BCUT2D eigenvalue weighted by atomic mass is 79.9. The minimum absolute atomic E-state index is 0.179. The fourth-order valence-corrected chi connectivity index (χ4v) is 2.75. The van der Waals surface area contributed by atoms with Gasteiger partial charge in [0.25, 0.3) is 5.91 Å². The van der Waals surface area contributed by atoms with E-state index >= 15 is 0 Å². The van der Waals surface area contributed by atoms with Crippen molar-refractivity contribution in [2.24, 2.45) is 0 Å². The Bertz CT molecular complexity index is 734. The normalized spacial score (nSPS) is 10.3. The van der Waals surface area contributed by atoms with Crippen LogP contribution in [-0.2, 0) is 4.79 Å². The van der Waals surface area contributed by atoms with Gasteiger partial charge in [0.05, 0.1) is 17.3 Å². The molecular weight excluding hydrogens is 365 g/mol. The number of carbonyl (C=O) groups is 1. The summed E-state index contributed by atoms with van der Waals surface area (Å²) in [5.74, 6) is 0.105. The Morgan fingerprint density at radius 2 is 2.00 bits per heavy atom. The van der Waals surface area contributed by atoms with Crippen molar-refractivity contribution in [3.05, 3.63) is 51.7 Å². The molecule has 6 heteroatoms. The summed E-state index contributed by atoms with van der Waals surface area (Å²) in [5.41, 5.74) is 2.31. The summed E-state index contributed by atoms with van der Waals surface area (Å²) in [7, 11) is 1.44. The molecule has 0 radical (unpaired) electrons. The minimum atomic E-state index is -0.483. The van der Waals surface area contributed by atoms with Crippen LogP contribution in [0.4, 0.5) is 10.1 Å². The van der Waals surface area contributed by atoms with Crippen LogP contribution in [0.25, 0.3) is 0 Å². The summed E-state index contributed by atoms with van der Waals surface area (Å²) in [4.78, 5) is 12.0. The average Bonchev–Trinajstić information content (AvgIpc) is 2.46. The van der Waals surface area contributed by atoms with Crippen molar-refractivity contribution < 1.29 is 18.7 Å². The predicted molar refractivity (Wildman–Crippen MR) is 90.7 cm³/mol. The van der Waals surface area contributed by atoms with E-state index in [1.54, 1.807) is 0 Å². The summed E-state index contributed by atoms with van der Waals surface area (Å²) in [6, 6.07) is 8.16. The smallest absolute Gasteiger partial charge is 0.262 e. The van der Waals surface area contributed by atoms with Crippen molar-refractivity contribution in [1.29, 1.82) is 0 Å². The average molecular weight is 382 g/mol. The fraction of sp³-hybridized carbons (Fsp3) is 0.235. The van der Waals surface area contributed by atoms with E-state index < -0.39 is 11.7 Å². The Morgan fingerprint density at radius 1 is 1.26 bits per heavy atom. The molecule has 0 fully saturated rings.